The summed E-state index contributed by atoms with van der Waals surface area (Å²) in [6.45, 7) is 1.97. The highest BCUT2D eigenvalue weighted by molar-refractivity contribution is 7.15. The van der Waals surface area contributed by atoms with Crippen molar-refractivity contribution in [3.05, 3.63) is 35.1 Å². The Hall–Kier alpha value is -1.09. The molecule has 1 saturated heterocycles. The number of hydrogen-bond donors (Lipinski definition) is 2. The van der Waals surface area contributed by atoms with Crippen molar-refractivity contribution < 1.29 is 13.2 Å². The molecule has 0 atom stereocenters. The third kappa shape index (κ3) is 6.62. The Bertz CT molecular complexity index is 660. The zero-order chi connectivity index (χ0) is 16.3. The average molecular weight is 415 g/mol. The molecule has 2 aromatic heterocycles. The molecule has 0 unspecified atom stereocenters. The number of pyridine rings is 1. The summed E-state index contributed by atoms with van der Waals surface area (Å²) in [6, 6.07) is 3.76. The highest BCUT2D eigenvalue weighted by atomic mass is 35.5. The second-order valence-corrected chi connectivity index (χ2v) is 6.66. The summed E-state index contributed by atoms with van der Waals surface area (Å²) in [5.74, 6) is 0.426. The first-order valence-electron chi connectivity index (χ1n) is 7.45. The van der Waals surface area contributed by atoms with Gasteiger partial charge in [0.25, 0.3) is 0 Å². The Morgan fingerprint density at radius 1 is 1.20 bits per heavy atom. The van der Waals surface area contributed by atoms with Crippen molar-refractivity contribution in [3.8, 4) is 0 Å². The number of rotatable bonds is 4. The Kier molecular flexibility index (Phi) is 8.40. The molecule has 3 rings (SSSR count). The molecule has 0 aliphatic carbocycles. The van der Waals surface area contributed by atoms with E-state index in [0.717, 1.165) is 48.6 Å². The zero-order valence-electron chi connectivity index (χ0n) is 13.2. The van der Waals surface area contributed by atoms with Gasteiger partial charge in [-0.25, -0.2) is 4.98 Å². The van der Waals surface area contributed by atoms with Crippen molar-refractivity contribution in [1.82, 2.24) is 15.3 Å². The standard InChI is InChI=1S/C15H17F3N4S.2ClH/c16-15(17,18)8-12-9-21-14(23-12)22-11-3-6-20-13(7-11)10-1-4-19-5-2-10;;/h3,6-7,9-10,19H,1-2,4-5,8H2,(H,20,21,22);2*1H. The molecule has 2 N–H and O–H groups in total. The van der Waals surface area contributed by atoms with E-state index in [-0.39, 0.29) is 29.7 Å². The van der Waals surface area contributed by atoms with E-state index >= 15 is 0 Å². The molecular formula is C15H19Cl2F3N4S. The maximum Gasteiger partial charge on any atom is 0.393 e. The lowest BCUT2D eigenvalue weighted by atomic mass is 9.94. The van der Waals surface area contributed by atoms with Crippen LogP contribution in [0.2, 0.25) is 0 Å². The fourth-order valence-corrected chi connectivity index (χ4v) is 3.50. The molecule has 25 heavy (non-hydrogen) atoms. The van der Waals surface area contributed by atoms with Crippen LogP contribution in [0, 0.1) is 0 Å². The summed E-state index contributed by atoms with van der Waals surface area (Å²) in [7, 11) is 0. The second kappa shape index (κ2) is 9.56. The van der Waals surface area contributed by atoms with Crippen LogP contribution in [0.5, 0.6) is 0 Å². The molecule has 140 valence electrons. The topological polar surface area (TPSA) is 49.8 Å². The van der Waals surface area contributed by atoms with E-state index < -0.39 is 12.6 Å². The molecule has 10 heteroatoms. The molecule has 0 radical (unpaired) electrons. The van der Waals surface area contributed by atoms with E-state index in [0.29, 0.717) is 11.0 Å². The summed E-state index contributed by atoms with van der Waals surface area (Å²) >= 11 is 1.02. The van der Waals surface area contributed by atoms with Crippen molar-refractivity contribution in [1.29, 1.82) is 0 Å². The van der Waals surface area contributed by atoms with E-state index in [1.165, 1.54) is 6.20 Å². The van der Waals surface area contributed by atoms with Gasteiger partial charge < -0.3 is 10.6 Å². The van der Waals surface area contributed by atoms with E-state index in [1.54, 1.807) is 12.3 Å². The first-order valence-corrected chi connectivity index (χ1v) is 8.26. The van der Waals surface area contributed by atoms with Gasteiger partial charge in [-0.3, -0.25) is 4.98 Å². The first kappa shape index (κ1) is 22.0. The molecular weight excluding hydrogens is 396 g/mol. The summed E-state index contributed by atoms with van der Waals surface area (Å²) in [5, 5.41) is 6.86. The Morgan fingerprint density at radius 3 is 2.60 bits per heavy atom. The lowest BCUT2D eigenvalue weighted by Gasteiger charge is -2.22. The first-order chi connectivity index (χ1) is 11.0. The quantitative estimate of drug-likeness (QED) is 0.761. The van der Waals surface area contributed by atoms with Gasteiger partial charge in [-0.1, -0.05) is 0 Å². The van der Waals surface area contributed by atoms with Crippen molar-refractivity contribution in [3.63, 3.8) is 0 Å². The Labute approximate surface area is 160 Å². The number of piperidine rings is 1. The van der Waals surface area contributed by atoms with Gasteiger partial charge >= 0.3 is 6.18 Å². The second-order valence-electron chi connectivity index (χ2n) is 5.54. The SMILES string of the molecule is Cl.Cl.FC(F)(F)Cc1cnc(Nc2ccnc(C3CCNCC3)c2)s1. The van der Waals surface area contributed by atoms with Crippen molar-refractivity contribution in [2.45, 2.75) is 31.4 Å². The van der Waals surface area contributed by atoms with Crippen LogP contribution in [0.4, 0.5) is 24.0 Å². The van der Waals surface area contributed by atoms with Crippen molar-refractivity contribution in [2.24, 2.45) is 0 Å². The smallest absolute Gasteiger partial charge is 0.331 e. The Morgan fingerprint density at radius 2 is 1.92 bits per heavy atom. The van der Waals surface area contributed by atoms with Gasteiger partial charge in [-0.15, -0.1) is 36.2 Å². The van der Waals surface area contributed by atoms with Gasteiger partial charge in [0.15, 0.2) is 5.13 Å². The van der Waals surface area contributed by atoms with Gasteiger partial charge in [0.2, 0.25) is 0 Å². The van der Waals surface area contributed by atoms with Gasteiger partial charge in [0.05, 0.1) is 6.42 Å². The predicted molar refractivity (Wildman–Crippen MR) is 98.7 cm³/mol. The summed E-state index contributed by atoms with van der Waals surface area (Å²) in [6.07, 6.45) is -0.0577. The summed E-state index contributed by atoms with van der Waals surface area (Å²) in [5.41, 5.74) is 1.82. The molecule has 1 fully saturated rings. The Balaban J connectivity index is 0.00000156. The maximum absolute atomic E-state index is 12.4. The van der Waals surface area contributed by atoms with E-state index in [9.17, 15) is 13.2 Å². The summed E-state index contributed by atoms with van der Waals surface area (Å²) in [4.78, 5) is 8.64. The number of aromatic nitrogens is 2. The van der Waals surface area contributed by atoms with Crippen LogP contribution in [-0.4, -0.2) is 29.2 Å². The van der Waals surface area contributed by atoms with Crippen LogP contribution >= 0.6 is 36.2 Å². The monoisotopic (exact) mass is 414 g/mol. The minimum absolute atomic E-state index is 0. The van der Waals surface area contributed by atoms with E-state index in [2.05, 4.69) is 20.6 Å². The molecule has 0 bridgehead atoms. The van der Waals surface area contributed by atoms with E-state index in [1.807, 2.05) is 6.07 Å². The summed E-state index contributed by atoms with van der Waals surface area (Å²) < 4.78 is 37.1. The normalized spacial score (nSPS) is 15.2. The predicted octanol–water partition coefficient (Wildman–Crippen LogP) is 4.70. The van der Waals surface area contributed by atoms with Gasteiger partial charge in [0.1, 0.15) is 0 Å². The van der Waals surface area contributed by atoms with Crippen LogP contribution in [0.1, 0.15) is 29.3 Å². The number of anilines is 2. The molecule has 0 spiro atoms. The molecule has 0 aromatic carbocycles. The number of hydrogen-bond acceptors (Lipinski definition) is 5. The van der Waals surface area contributed by atoms with Crippen LogP contribution in [0.3, 0.4) is 0 Å². The lowest BCUT2D eigenvalue weighted by Crippen LogP contribution is -2.27. The minimum atomic E-state index is -4.21. The fourth-order valence-electron chi connectivity index (χ4n) is 2.64. The molecule has 0 amide bonds. The molecule has 2 aromatic rings. The minimum Gasteiger partial charge on any atom is -0.331 e. The van der Waals surface area contributed by atoms with Crippen molar-refractivity contribution in [2.75, 3.05) is 18.4 Å². The number of nitrogens with zero attached hydrogens (tertiary/aromatic N) is 2. The average Bonchev–Trinajstić information content (AvgIpc) is 2.93. The molecule has 0 saturated carbocycles. The third-order valence-corrected chi connectivity index (χ3v) is 4.63. The van der Waals surface area contributed by atoms with Gasteiger partial charge in [-0.05, 0) is 38.1 Å². The van der Waals surface area contributed by atoms with Gasteiger partial charge in [-0.2, -0.15) is 13.2 Å². The van der Waals surface area contributed by atoms with Crippen LogP contribution in [-0.2, 0) is 6.42 Å². The van der Waals surface area contributed by atoms with Crippen molar-refractivity contribution >= 4 is 47.0 Å². The molecule has 4 nitrogen and oxygen atoms in total. The largest absolute Gasteiger partial charge is 0.393 e. The van der Waals surface area contributed by atoms with Gasteiger partial charge in [0, 0.05) is 34.6 Å². The lowest BCUT2D eigenvalue weighted by molar-refractivity contribution is -0.126. The maximum atomic E-state index is 12.4. The molecule has 1 aliphatic heterocycles. The van der Waals surface area contributed by atoms with Crippen LogP contribution in [0.15, 0.2) is 24.5 Å². The molecule has 3 heterocycles. The van der Waals surface area contributed by atoms with Crippen LogP contribution in [0.25, 0.3) is 0 Å². The zero-order valence-corrected chi connectivity index (χ0v) is 15.6. The number of nitrogens with one attached hydrogen (secondary N) is 2. The number of alkyl halides is 3. The molecule has 1 aliphatic rings. The highest BCUT2D eigenvalue weighted by Crippen LogP contribution is 2.30. The third-order valence-electron chi connectivity index (χ3n) is 3.72. The number of thiazole rings is 1. The highest BCUT2D eigenvalue weighted by Gasteiger charge is 2.28. The fraction of sp³-hybridized carbons (Fsp3) is 0.467. The van der Waals surface area contributed by atoms with E-state index in [4.69, 9.17) is 0 Å². The number of halogens is 5. The van der Waals surface area contributed by atoms with Crippen LogP contribution < -0.4 is 10.6 Å².